The minimum absolute atomic E-state index is 0.0345. The third-order valence-corrected chi connectivity index (χ3v) is 7.46. The van der Waals surface area contributed by atoms with Gasteiger partial charge in [0.15, 0.2) is 14.9 Å². The molecule has 0 saturated heterocycles. The second kappa shape index (κ2) is 12.4. The van der Waals surface area contributed by atoms with E-state index >= 15 is 0 Å². The van der Waals surface area contributed by atoms with Crippen molar-refractivity contribution in [1.82, 2.24) is 19.7 Å². The van der Waals surface area contributed by atoms with E-state index in [4.69, 9.17) is 9.47 Å². The van der Waals surface area contributed by atoms with Crippen molar-refractivity contribution in [3.8, 4) is 17.0 Å². The Morgan fingerprint density at radius 3 is 2.28 bits per heavy atom. The van der Waals surface area contributed by atoms with Crippen LogP contribution in [0.2, 0.25) is 0 Å². The second-order valence-electron chi connectivity index (χ2n) is 12.7. The van der Waals surface area contributed by atoms with Gasteiger partial charge in [-0.25, -0.2) is 22.5 Å². The van der Waals surface area contributed by atoms with Crippen LogP contribution in [-0.4, -0.2) is 72.5 Å². The van der Waals surface area contributed by atoms with Crippen LogP contribution in [0.1, 0.15) is 76.0 Å². The first-order valence-electron chi connectivity index (χ1n) is 13.9. The zero-order chi connectivity index (χ0) is 32.5. The largest absolute Gasteiger partial charge is 0.475 e. The van der Waals surface area contributed by atoms with Gasteiger partial charge >= 0.3 is 5.97 Å². The minimum atomic E-state index is -3.68. The van der Waals surface area contributed by atoms with Crippen LogP contribution < -0.4 is 4.74 Å². The molecule has 0 N–H and O–H groups in total. The van der Waals surface area contributed by atoms with Crippen LogP contribution in [0.15, 0.2) is 41.6 Å². The Morgan fingerprint density at radius 1 is 1.07 bits per heavy atom. The van der Waals surface area contributed by atoms with Crippen LogP contribution in [0.25, 0.3) is 11.1 Å². The summed E-state index contributed by atoms with van der Waals surface area (Å²) in [6.07, 6.45) is 2.50. The fourth-order valence-corrected chi connectivity index (χ4v) is 5.06. The van der Waals surface area contributed by atoms with Gasteiger partial charge in [-0.3, -0.25) is 9.59 Å². The molecule has 234 valence electrons. The zero-order valence-electron chi connectivity index (χ0n) is 26.5. The summed E-state index contributed by atoms with van der Waals surface area (Å²) in [5.41, 5.74) is 0.892. The Bertz CT molecular complexity index is 1620. The molecule has 3 aromatic rings. The number of sulfone groups is 1. The van der Waals surface area contributed by atoms with Gasteiger partial charge < -0.3 is 14.4 Å². The molecule has 1 aromatic carbocycles. The molecule has 0 bridgehead atoms. The second-order valence-corrected chi connectivity index (χ2v) is 14.6. The number of amides is 1. The molecule has 0 radical (unpaired) electrons. The lowest BCUT2D eigenvalue weighted by molar-refractivity contribution is -0.153. The highest BCUT2D eigenvalue weighted by atomic mass is 32.2. The molecule has 0 aliphatic rings. The molecule has 0 aliphatic heterocycles. The summed E-state index contributed by atoms with van der Waals surface area (Å²) in [6.45, 7) is 12.7. The molecule has 0 atom stereocenters. The first-order valence-corrected chi connectivity index (χ1v) is 15.7. The van der Waals surface area contributed by atoms with Crippen molar-refractivity contribution >= 4 is 21.7 Å². The van der Waals surface area contributed by atoms with Crippen LogP contribution in [0, 0.1) is 5.82 Å². The van der Waals surface area contributed by atoms with Gasteiger partial charge in [0.05, 0.1) is 12.0 Å². The van der Waals surface area contributed by atoms with Gasteiger partial charge in [0.2, 0.25) is 5.88 Å². The van der Waals surface area contributed by atoms with Crippen molar-refractivity contribution in [2.24, 2.45) is 0 Å². The molecule has 0 spiro atoms. The molecular formula is C31H41FN4O6S. The van der Waals surface area contributed by atoms with Gasteiger partial charge in [-0.15, -0.1) is 0 Å². The fraction of sp³-hybridized carbons (Fsp3) is 0.484. The van der Waals surface area contributed by atoms with Gasteiger partial charge in [0.1, 0.15) is 23.7 Å². The maximum absolute atomic E-state index is 14.9. The Balaban J connectivity index is 1.99. The Labute approximate surface area is 253 Å². The lowest BCUT2D eigenvalue weighted by Gasteiger charge is -2.27. The lowest BCUT2D eigenvalue weighted by Crippen LogP contribution is -2.38. The van der Waals surface area contributed by atoms with E-state index in [0.29, 0.717) is 22.3 Å². The summed E-state index contributed by atoms with van der Waals surface area (Å²) in [4.78, 5) is 31.3. The quantitative estimate of drug-likeness (QED) is 0.292. The number of nitrogens with zero attached hydrogens (tertiary/aromatic N) is 4. The maximum Gasteiger partial charge on any atom is 0.310 e. The zero-order valence-corrected chi connectivity index (χ0v) is 27.3. The van der Waals surface area contributed by atoms with E-state index in [-0.39, 0.29) is 35.5 Å². The van der Waals surface area contributed by atoms with E-state index in [1.54, 1.807) is 60.8 Å². The molecule has 43 heavy (non-hydrogen) atoms. The summed E-state index contributed by atoms with van der Waals surface area (Å²) in [6, 6.07) is 7.42. The van der Waals surface area contributed by atoms with Gasteiger partial charge in [0, 0.05) is 38.7 Å². The summed E-state index contributed by atoms with van der Waals surface area (Å²) < 4.78 is 52.2. The summed E-state index contributed by atoms with van der Waals surface area (Å²) in [5, 5.41) is 4.00. The molecule has 1 amide bonds. The highest BCUT2D eigenvalue weighted by molar-refractivity contribution is 7.90. The summed E-state index contributed by atoms with van der Waals surface area (Å²) >= 11 is 0. The van der Waals surface area contributed by atoms with E-state index in [1.807, 2.05) is 13.8 Å². The number of halogens is 1. The van der Waals surface area contributed by atoms with Crippen LogP contribution in [-0.2, 0) is 31.3 Å². The molecule has 12 heteroatoms. The lowest BCUT2D eigenvalue weighted by atomic mass is 9.88. The number of rotatable bonds is 10. The molecule has 3 rings (SSSR count). The number of benzene rings is 1. The van der Waals surface area contributed by atoms with Crippen LogP contribution >= 0.6 is 0 Å². The van der Waals surface area contributed by atoms with Crippen molar-refractivity contribution in [2.75, 3.05) is 27.0 Å². The van der Waals surface area contributed by atoms with E-state index in [1.165, 1.54) is 34.0 Å². The number of pyridine rings is 1. The van der Waals surface area contributed by atoms with Gasteiger partial charge in [-0.1, -0.05) is 13.8 Å². The van der Waals surface area contributed by atoms with E-state index in [9.17, 15) is 22.4 Å². The monoisotopic (exact) mass is 616 g/mol. The van der Waals surface area contributed by atoms with Crippen molar-refractivity contribution in [3.63, 3.8) is 0 Å². The van der Waals surface area contributed by atoms with E-state index in [2.05, 4.69) is 10.1 Å². The van der Waals surface area contributed by atoms with Crippen molar-refractivity contribution in [1.29, 1.82) is 0 Å². The topological polar surface area (TPSA) is 121 Å². The standard InChI is InChI=1S/C31H41FN4O6S/c1-19(2)22-14-21(32)15-23(24(22)16-28(37)42-30(3,4)5)20-11-12-33-26(13-20)41-18-31(6,7)36-25(29(38)35(8)9)17-27(34-36)43(10,39)40/h11-15,17,19H,16,18H2,1-10H3. The molecule has 10 nitrogen and oxygen atoms in total. The third kappa shape index (κ3) is 8.40. The Hall–Kier alpha value is -3.80. The van der Waals surface area contributed by atoms with E-state index < -0.39 is 38.7 Å². The fourth-order valence-electron chi connectivity index (χ4n) is 4.50. The highest BCUT2D eigenvalue weighted by Gasteiger charge is 2.32. The highest BCUT2D eigenvalue weighted by Crippen LogP contribution is 2.34. The Kier molecular flexibility index (Phi) is 9.75. The molecule has 0 aliphatic carbocycles. The third-order valence-electron chi connectivity index (χ3n) is 6.50. The van der Waals surface area contributed by atoms with E-state index in [0.717, 1.165) is 6.26 Å². The van der Waals surface area contributed by atoms with Gasteiger partial charge in [-0.2, -0.15) is 5.10 Å². The predicted octanol–water partition coefficient (Wildman–Crippen LogP) is 5.01. The number of ether oxygens (including phenoxy) is 2. The Morgan fingerprint density at radius 2 is 1.72 bits per heavy atom. The van der Waals surface area contributed by atoms with Crippen molar-refractivity contribution in [3.05, 3.63) is 59.2 Å². The first kappa shape index (κ1) is 33.7. The average Bonchev–Trinajstić information content (AvgIpc) is 3.34. The number of esters is 1. The average molecular weight is 617 g/mol. The number of hydrogen-bond acceptors (Lipinski definition) is 8. The van der Waals surface area contributed by atoms with Gasteiger partial charge in [0.25, 0.3) is 5.91 Å². The van der Waals surface area contributed by atoms with Crippen LogP contribution in [0.5, 0.6) is 5.88 Å². The summed E-state index contributed by atoms with van der Waals surface area (Å²) in [7, 11) is -0.558. The number of hydrogen-bond donors (Lipinski definition) is 0. The first-order chi connectivity index (χ1) is 19.7. The molecule has 0 saturated carbocycles. The normalized spacial score (nSPS) is 12.4. The van der Waals surface area contributed by atoms with Gasteiger partial charge in [-0.05, 0) is 81.0 Å². The molecule has 2 aromatic heterocycles. The SMILES string of the molecule is CC(C)c1cc(F)cc(-c2ccnc(OCC(C)(C)n3nc(S(C)(=O)=O)cc3C(=O)N(C)C)c2)c1CC(=O)OC(C)(C)C. The van der Waals surface area contributed by atoms with Crippen molar-refractivity contribution < 1.29 is 31.9 Å². The number of aromatic nitrogens is 3. The smallest absolute Gasteiger partial charge is 0.310 e. The molecular weight excluding hydrogens is 575 g/mol. The summed E-state index contributed by atoms with van der Waals surface area (Å²) in [5.74, 6) is -1.13. The van der Waals surface area contributed by atoms with Crippen molar-refractivity contribution in [2.45, 2.75) is 77.0 Å². The van der Waals surface area contributed by atoms with Crippen LogP contribution in [0.4, 0.5) is 4.39 Å². The number of carbonyl (C=O) groups excluding carboxylic acids is 2. The molecule has 2 heterocycles. The predicted molar refractivity (Wildman–Crippen MR) is 161 cm³/mol. The maximum atomic E-state index is 14.9. The molecule has 0 unspecified atom stereocenters. The van der Waals surface area contributed by atoms with Crippen LogP contribution in [0.3, 0.4) is 0 Å². The minimum Gasteiger partial charge on any atom is -0.475 e. The number of carbonyl (C=O) groups is 2. The molecule has 0 fully saturated rings.